The summed E-state index contributed by atoms with van der Waals surface area (Å²) in [4.78, 5) is 26.4. The molecule has 3 fully saturated rings. The highest BCUT2D eigenvalue weighted by Crippen LogP contribution is 2.54. The van der Waals surface area contributed by atoms with Crippen molar-refractivity contribution in [2.75, 3.05) is 59.3 Å². The molecule has 2 aliphatic heterocycles. The number of piperidine rings is 2. The van der Waals surface area contributed by atoms with Crippen molar-refractivity contribution >= 4 is 41.0 Å². The van der Waals surface area contributed by atoms with Crippen LogP contribution in [0.3, 0.4) is 0 Å². The van der Waals surface area contributed by atoms with Gasteiger partial charge >= 0.3 is 0 Å². The van der Waals surface area contributed by atoms with Gasteiger partial charge in [0.1, 0.15) is 12.5 Å². The van der Waals surface area contributed by atoms with E-state index in [4.69, 9.17) is 0 Å². The maximum atomic E-state index is 13.6. The van der Waals surface area contributed by atoms with Gasteiger partial charge in [0, 0.05) is 56.5 Å². The molecule has 0 radical (unpaired) electrons. The zero-order chi connectivity index (χ0) is 27.6. The molecule has 3 N–H and O–H groups in total. The molecule has 1 aromatic carbocycles. The zero-order valence-corrected chi connectivity index (χ0v) is 22.9. The van der Waals surface area contributed by atoms with Gasteiger partial charge in [-0.3, -0.25) is 4.79 Å². The summed E-state index contributed by atoms with van der Waals surface area (Å²) >= 11 is 1.11. The Kier molecular flexibility index (Phi) is 8.14. The molecular weight excluding hydrogens is 529 g/mol. The number of hydrogen-bond donors (Lipinski definition) is 3. The van der Waals surface area contributed by atoms with Gasteiger partial charge in [-0.1, -0.05) is 0 Å². The maximum Gasteiger partial charge on any atom is 0.258 e. The van der Waals surface area contributed by atoms with Crippen LogP contribution in [0.5, 0.6) is 0 Å². The van der Waals surface area contributed by atoms with Gasteiger partial charge in [-0.05, 0) is 68.2 Å². The number of benzene rings is 1. The Hall–Kier alpha value is -2.73. The van der Waals surface area contributed by atoms with Crippen molar-refractivity contribution in [1.82, 2.24) is 9.97 Å². The van der Waals surface area contributed by atoms with Crippen LogP contribution in [0.15, 0.2) is 24.3 Å². The number of anilines is 4. The van der Waals surface area contributed by atoms with Crippen LogP contribution in [0.2, 0.25) is 0 Å². The van der Waals surface area contributed by atoms with Gasteiger partial charge in [0.25, 0.3) is 11.8 Å². The number of aryl methyl sites for hydroxylation is 1. The first-order valence-electron chi connectivity index (χ1n) is 13.5. The molecule has 1 spiro atoms. The quantitative estimate of drug-likeness (QED) is 0.365. The first-order chi connectivity index (χ1) is 18.7. The van der Waals surface area contributed by atoms with E-state index in [0.717, 1.165) is 43.6 Å². The predicted molar refractivity (Wildman–Crippen MR) is 149 cm³/mol. The van der Waals surface area contributed by atoms with Gasteiger partial charge in [-0.2, -0.15) is 4.98 Å². The number of alkyl halides is 3. The monoisotopic (exact) mass is 564 g/mol. The van der Waals surface area contributed by atoms with Crippen LogP contribution in [0.25, 0.3) is 0 Å². The number of halogens is 3. The van der Waals surface area contributed by atoms with Crippen LogP contribution in [-0.2, 0) is 0 Å². The van der Waals surface area contributed by atoms with Crippen LogP contribution >= 0.6 is 11.9 Å². The Morgan fingerprint density at radius 2 is 1.74 bits per heavy atom. The Bertz CT molecular complexity index is 1170. The molecule has 12 heteroatoms. The third-order valence-electron chi connectivity index (χ3n) is 7.95. The molecule has 1 saturated carbocycles. The van der Waals surface area contributed by atoms with Gasteiger partial charge in [-0.15, -0.1) is 0 Å². The summed E-state index contributed by atoms with van der Waals surface area (Å²) in [5.74, 6) is -2.36. The molecule has 1 unspecified atom stereocenters. The van der Waals surface area contributed by atoms with Gasteiger partial charge in [-0.25, -0.2) is 18.2 Å². The average Bonchev–Trinajstić information content (AvgIpc) is 3.67. The highest BCUT2D eigenvalue weighted by molar-refractivity contribution is 8.01. The van der Waals surface area contributed by atoms with Gasteiger partial charge in [0.15, 0.2) is 0 Å². The summed E-state index contributed by atoms with van der Waals surface area (Å²) in [6, 6.07) is 7.05. The number of amides is 1. The fraction of sp³-hybridized carbons (Fsp3) is 0.593. The van der Waals surface area contributed by atoms with E-state index >= 15 is 0 Å². The van der Waals surface area contributed by atoms with E-state index in [1.165, 1.54) is 12.8 Å². The minimum absolute atomic E-state index is 0.149. The second-order valence-corrected chi connectivity index (χ2v) is 12.0. The van der Waals surface area contributed by atoms with E-state index in [1.807, 2.05) is 6.07 Å². The number of aliphatic hydroxyl groups excluding tert-OH is 1. The average molecular weight is 565 g/mol. The summed E-state index contributed by atoms with van der Waals surface area (Å²) < 4.78 is 43.5. The number of nitrogens with zero attached hydrogens (tertiary/aromatic N) is 4. The summed E-state index contributed by atoms with van der Waals surface area (Å²) in [6.07, 6.45) is 4.19. The number of aliphatic hydroxyl groups is 1. The molecule has 212 valence electrons. The predicted octanol–water partition coefficient (Wildman–Crippen LogP) is 5.04. The summed E-state index contributed by atoms with van der Waals surface area (Å²) in [6.45, 7) is 2.83. The highest BCUT2D eigenvalue weighted by Gasteiger charge is 2.44. The van der Waals surface area contributed by atoms with Crippen molar-refractivity contribution in [2.24, 2.45) is 5.41 Å². The van der Waals surface area contributed by atoms with Crippen LogP contribution in [-0.4, -0.2) is 71.6 Å². The standard InChI is InChI=1S/C27H35F3N6O2S/c1-18-14-23(33-25(31-18)36-12-8-27(29,30)9-13-36)32-24(38)21-3-2-19(34-39-20(16-28)17-37)15-22(21)35-10-6-26(4-5-26)7-11-35/h2-3,14-15,20,34,37H,4-13,16-17H2,1H3,(H,31,32,33,38). The SMILES string of the molecule is Cc1cc(NC(=O)c2ccc(NSC(CO)CF)cc2N2CCC3(CC2)CC3)nc(N2CCC(F)(F)CC2)n1. The Balaban J connectivity index is 1.35. The molecule has 5 rings (SSSR count). The normalized spacial score (nSPS) is 20.5. The Labute approximate surface area is 230 Å². The fourth-order valence-corrected chi connectivity index (χ4v) is 5.76. The molecular formula is C27H35F3N6O2S. The summed E-state index contributed by atoms with van der Waals surface area (Å²) in [5, 5.41) is 11.6. The minimum Gasteiger partial charge on any atom is -0.395 e. The lowest BCUT2D eigenvalue weighted by molar-refractivity contribution is -0.0222. The second kappa shape index (κ2) is 11.4. The van der Waals surface area contributed by atoms with E-state index in [0.29, 0.717) is 34.1 Å². The van der Waals surface area contributed by atoms with Crippen LogP contribution in [0.4, 0.5) is 36.3 Å². The number of carbonyl (C=O) groups is 1. The Morgan fingerprint density at radius 3 is 2.38 bits per heavy atom. The number of hydrogen-bond acceptors (Lipinski definition) is 8. The smallest absolute Gasteiger partial charge is 0.258 e. The van der Waals surface area contributed by atoms with Gasteiger partial charge in [0.05, 0.1) is 23.1 Å². The molecule has 1 aliphatic carbocycles. The molecule has 2 aromatic rings. The minimum atomic E-state index is -2.67. The second-order valence-electron chi connectivity index (χ2n) is 10.9. The summed E-state index contributed by atoms with van der Waals surface area (Å²) in [7, 11) is 0. The van der Waals surface area contributed by atoms with Crippen molar-refractivity contribution in [3.63, 3.8) is 0 Å². The lowest BCUT2D eigenvalue weighted by atomic mass is 9.93. The third kappa shape index (κ3) is 6.71. The zero-order valence-electron chi connectivity index (χ0n) is 22.1. The number of aromatic nitrogens is 2. The molecule has 3 aliphatic rings. The lowest BCUT2D eigenvalue weighted by Crippen LogP contribution is -2.40. The molecule has 1 amide bonds. The number of carbonyl (C=O) groups excluding carboxylic acids is 1. The van der Waals surface area contributed by atoms with Crippen molar-refractivity contribution in [1.29, 1.82) is 0 Å². The maximum absolute atomic E-state index is 13.6. The molecule has 1 atom stereocenters. The fourth-order valence-electron chi connectivity index (χ4n) is 5.19. The largest absolute Gasteiger partial charge is 0.395 e. The van der Waals surface area contributed by atoms with E-state index in [-0.39, 0.29) is 38.4 Å². The van der Waals surface area contributed by atoms with E-state index in [1.54, 1.807) is 30.0 Å². The van der Waals surface area contributed by atoms with Gasteiger partial charge in [0.2, 0.25) is 5.95 Å². The molecule has 0 bridgehead atoms. The van der Waals surface area contributed by atoms with Crippen molar-refractivity contribution in [3.05, 3.63) is 35.5 Å². The van der Waals surface area contributed by atoms with E-state index in [2.05, 4.69) is 24.9 Å². The lowest BCUT2D eigenvalue weighted by Gasteiger charge is -2.35. The summed E-state index contributed by atoms with van der Waals surface area (Å²) in [5.41, 5.74) is 3.07. The number of nitrogens with one attached hydrogen (secondary N) is 2. The van der Waals surface area contributed by atoms with Crippen LogP contribution in [0.1, 0.15) is 54.6 Å². The Morgan fingerprint density at radius 1 is 1.05 bits per heavy atom. The van der Waals surface area contributed by atoms with Gasteiger partial charge < -0.3 is 24.9 Å². The van der Waals surface area contributed by atoms with Crippen LogP contribution < -0.4 is 19.8 Å². The molecule has 39 heavy (non-hydrogen) atoms. The van der Waals surface area contributed by atoms with Crippen molar-refractivity contribution in [2.45, 2.75) is 56.6 Å². The van der Waals surface area contributed by atoms with Crippen molar-refractivity contribution < 1.29 is 23.1 Å². The highest BCUT2D eigenvalue weighted by atomic mass is 32.2. The topological polar surface area (TPSA) is 93.6 Å². The van der Waals surface area contributed by atoms with Crippen molar-refractivity contribution in [3.8, 4) is 0 Å². The molecule has 1 aromatic heterocycles. The van der Waals surface area contributed by atoms with Crippen LogP contribution in [0, 0.1) is 12.3 Å². The molecule has 3 heterocycles. The van der Waals surface area contributed by atoms with E-state index < -0.39 is 17.8 Å². The first-order valence-corrected chi connectivity index (χ1v) is 14.3. The number of rotatable bonds is 9. The molecule has 8 nitrogen and oxygen atoms in total. The first kappa shape index (κ1) is 27.8. The molecule has 2 saturated heterocycles. The van der Waals surface area contributed by atoms with E-state index in [9.17, 15) is 23.1 Å². The third-order valence-corrected chi connectivity index (χ3v) is 8.91.